The van der Waals surface area contributed by atoms with Crippen molar-refractivity contribution in [1.82, 2.24) is 4.98 Å². The van der Waals surface area contributed by atoms with Gasteiger partial charge in [-0.05, 0) is 36.4 Å². The van der Waals surface area contributed by atoms with E-state index in [0.29, 0.717) is 5.39 Å². The van der Waals surface area contributed by atoms with Gasteiger partial charge in [-0.2, -0.15) is 4.39 Å². The van der Waals surface area contributed by atoms with Gasteiger partial charge < -0.3 is 0 Å². The smallest absolute Gasteiger partial charge is 0.219 e. The molecular weight excluding hydrogens is 237 g/mol. The number of benzene rings is 2. The highest BCUT2D eigenvalue weighted by Crippen LogP contribution is 2.27. The Bertz CT molecular complexity index is 762. The van der Waals surface area contributed by atoms with Crippen molar-refractivity contribution >= 4 is 21.7 Å². The van der Waals surface area contributed by atoms with Crippen LogP contribution in [0.2, 0.25) is 0 Å². The van der Waals surface area contributed by atoms with Crippen molar-refractivity contribution in [2.24, 2.45) is 0 Å². The Labute approximate surface area is 112 Å². The predicted octanol–water partition coefficient (Wildman–Crippen LogP) is 4.79. The van der Waals surface area contributed by atoms with E-state index in [4.69, 9.17) is 0 Å². The Morgan fingerprint density at radius 3 is 2.58 bits per heavy atom. The zero-order chi connectivity index (χ0) is 13.4. The van der Waals surface area contributed by atoms with Crippen molar-refractivity contribution in [2.75, 3.05) is 0 Å². The number of hydrogen-bond acceptors (Lipinski definition) is 1. The molecule has 0 aliphatic heterocycles. The van der Waals surface area contributed by atoms with E-state index in [-0.39, 0.29) is 5.95 Å². The largest absolute Gasteiger partial charge is 0.221 e. The summed E-state index contributed by atoms with van der Waals surface area (Å²) >= 11 is 0. The van der Waals surface area contributed by atoms with Crippen LogP contribution in [0.15, 0.2) is 36.4 Å². The van der Waals surface area contributed by atoms with Gasteiger partial charge in [0.05, 0.1) is 5.52 Å². The number of hydrogen-bond donors (Lipinski definition) is 0. The zero-order valence-corrected chi connectivity index (χ0v) is 11.2. The van der Waals surface area contributed by atoms with Crippen molar-refractivity contribution in [3.8, 4) is 0 Å². The van der Waals surface area contributed by atoms with Crippen LogP contribution >= 0.6 is 0 Å². The third kappa shape index (κ3) is 2.07. The Morgan fingerprint density at radius 2 is 1.79 bits per heavy atom. The van der Waals surface area contributed by atoms with Gasteiger partial charge in [0.2, 0.25) is 5.95 Å². The lowest BCUT2D eigenvalue weighted by Crippen LogP contribution is -1.91. The highest BCUT2D eigenvalue weighted by atomic mass is 19.1. The summed E-state index contributed by atoms with van der Waals surface area (Å²) in [7, 11) is 0. The molecule has 2 aromatic carbocycles. The second kappa shape index (κ2) is 4.61. The first-order valence-corrected chi connectivity index (χ1v) is 6.67. The van der Waals surface area contributed by atoms with Crippen LogP contribution < -0.4 is 0 Å². The summed E-state index contributed by atoms with van der Waals surface area (Å²) in [6.45, 7) is 4.11. The average Bonchev–Trinajstić information content (AvgIpc) is 2.39. The topological polar surface area (TPSA) is 12.9 Å². The van der Waals surface area contributed by atoms with Gasteiger partial charge in [0.1, 0.15) is 0 Å². The molecule has 0 radical (unpaired) electrons. The first kappa shape index (κ1) is 12.1. The number of nitrogens with zero attached hydrogens (tertiary/aromatic N) is 1. The number of aromatic nitrogens is 1. The number of aryl methyl sites for hydroxylation is 2. The standard InChI is InChI=1S/C17H16FN/c1-3-4-12-6-8-14-13-7-5-11(2)9-15(13)17(18)19-16(14)10-12/h5-10H,3-4H2,1-2H3. The highest BCUT2D eigenvalue weighted by molar-refractivity contribution is 6.05. The maximum absolute atomic E-state index is 14.1. The van der Waals surface area contributed by atoms with Gasteiger partial charge in [0.25, 0.3) is 0 Å². The summed E-state index contributed by atoms with van der Waals surface area (Å²) < 4.78 is 14.1. The van der Waals surface area contributed by atoms with Gasteiger partial charge >= 0.3 is 0 Å². The van der Waals surface area contributed by atoms with E-state index < -0.39 is 0 Å². The third-order valence-electron chi connectivity index (χ3n) is 3.51. The van der Waals surface area contributed by atoms with E-state index in [1.54, 1.807) is 0 Å². The van der Waals surface area contributed by atoms with E-state index in [9.17, 15) is 4.39 Å². The molecule has 0 atom stereocenters. The molecule has 0 fully saturated rings. The number of halogens is 1. The molecule has 3 rings (SSSR count). The first-order valence-electron chi connectivity index (χ1n) is 6.67. The lowest BCUT2D eigenvalue weighted by Gasteiger charge is -2.07. The van der Waals surface area contributed by atoms with Crippen molar-refractivity contribution in [3.63, 3.8) is 0 Å². The maximum Gasteiger partial charge on any atom is 0.221 e. The summed E-state index contributed by atoms with van der Waals surface area (Å²) in [5.74, 6) is -0.375. The van der Waals surface area contributed by atoms with Gasteiger partial charge in [-0.1, -0.05) is 43.2 Å². The lowest BCUT2D eigenvalue weighted by molar-refractivity contribution is 0.601. The second-order valence-electron chi connectivity index (χ2n) is 5.05. The monoisotopic (exact) mass is 253 g/mol. The molecule has 0 saturated heterocycles. The molecule has 1 heterocycles. The van der Waals surface area contributed by atoms with Gasteiger partial charge in [0.15, 0.2) is 0 Å². The van der Waals surface area contributed by atoms with Gasteiger partial charge in [-0.3, -0.25) is 0 Å². The van der Waals surface area contributed by atoms with Crippen LogP contribution in [0.5, 0.6) is 0 Å². The summed E-state index contributed by atoms with van der Waals surface area (Å²) in [6, 6.07) is 12.0. The molecule has 0 unspecified atom stereocenters. The summed E-state index contributed by atoms with van der Waals surface area (Å²) in [5.41, 5.74) is 3.02. The van der Waals surface area contributed by atoms with Crippen LogP contribution in [0.1, 0.15) is 24.5 Å². The van der Waals surface area contributed by atoms with E-state index in [2.05, 4.69) is 24.0 Å². The molecule has 2 heteroatoms. The minimum absolute atomic E-state index is 0.375. The average molecular weight is 253 g/mol. The zero-order valence-electron chi connectivity index (χ0n) is 11.2. The predicted molar refractivity (Wildman–Crippen MR) is 77.9 cm³/mol. The molecule has 0 spiro atoms. The van der Waals surface area contributed by atoms with Crippen LogP contribution in [0.25, 0.3) is 21.7 Å². The quantitative estimate of drug-likeness (QED) is 0.472. The molecule has 0 amide bonds. The van der Waals surface area contributed by atoms with Gasteiger partial charge in [-0.15, -0.1) is 0 Å². The maximum atomic E-state index is 14.1. The van der Waals surface area contributed by atoms with Crippen LogP contribution in [0.3, 0.4) is 0 Å². The van der Waals surface area contributed by atoms with Gasteiger partial charge in [-0.25, -0.2) is 4.98 Å². The normalized spacial score (nSPS) is 11.3. The van der Waals surface area contributed by atoms with E-state index in [1.165, 1.54) is 5.56 Å². The van der Waals surface area contributed by atoms with Crippen molar-refractivity contribution < 1.29 is 4.39 Å². The summed E-state index contributed by atoms with van der Waals surface area (Å²) in [5, 5.41) is 2.57. The van der Waals surface area contributed by atoms with Crippen molar-refractivity contribution in [3.05, 3.63) is 53.5 Å². The Balaban J connectivity index is 2.35. The fourth-order valence-electron chi connectivity index (χ4n) is 2.57. The van der Waals surface area contributed by atoms with Crippen molar-refractivity contribution in [1.29, 1.82) is 0 Å². The molecule has 0 N–H and O–H groups in total. The molecule has 3 aromatic rings. The molecule has 1 nitrogen and oxygen atoms in total. The molecule has 96 valence electrons. The first-order chi connectivity index (χ1) is 9.19. The summed E-state index contributed by atoms with van der Waals surface area (Å²) in [6.07, 6.45) is 2.09. The lowest BCUT2D eigenvalue weighted by atomic mass is 10.0. The SMILES string of the molecule is CCCc1ccc2c(c1)nc(F)c1cc(C)ccc12. The molecule has 0 bridgehead atoms. The minimum atomic E-state index is -0.375. The summed E-state index contributed by atoms with van der Waals surface area (Å²) in [4.78, 5) is 4.12. The second-order valence-corrected chi connectivity index (χ2v) is 5.05. The number of pyridine rings is 1. The van der Waals surface area contributed by atoms with Crippen molar-refractivity contribution in [2.45, 2.75) is 26.7 Å². The molecule has 19 heavy (non-hydrogen) atoms. The Morgan fingerprint density at radius 1 is 1.00 bits per heavy atom. The number of rotatable bonds is 2. The van der Waals surface area contributed by atoms with Crippen LogP contribution in [0.4, 0.5) is 4.39 Å². The van der Waals surface area contributed by atoms with E-state index in [0.717, 1.165) is 34.7 Å². The molecule has 0 saturated carbocycles. The third-order valence-corrected chi connectivity index (χ3v) is 3.51. The van der Waals surface area contributed by atoms with Gasteiger partial charge in [0, 0.05) is 10.8 Å². The highest BCUT2D eigenvalue weighted by Gasteiger charge is 2.08. The fourth-order valence-corrected chi connectivity index (χ4v) is 2.57. The fraction of sp³-hybridized carbons (Fsp3) is 0.235. The van der Waals surface area contributed by atoms with Crippen LogP contribution in [-0.4, -0.2) is 4.98 Å². The molecule has 0 aliphatic rings. The molecular formula is C17H16FN. The molecule has 1 aromatic heterocycles. The van der Waals surface area contributed by atoms with Crippen LogP contribution in [-0.2, 0) is 6.42 Å². The molecule has 0 aliphatic carbocycles. The Kier molecular flexibility index (Phi) is 2.94. The Hall–Kier alpha value is -1.96. The number of fused-ring (bicyclic) bond motifs is 3. The van der Waals surface area contributed by atoms with Crippen LogP contribution in [0, 0.1) is 12.9 Å². The minimum Gasteiger partial charge on any atom is -0.219 e. The van der Waals surface area contributed by atoms with E-state index in [1.807, 2.05) is 31.2 Å². The van der Waals surface area contributed by atoms with E-state index >= 15 is 0 Å².